The Morgan fingerprint density at radius 2 is 1.38 bits per heavy atom. The molecular weight excluding hydrogens is 328 g/mol. The molecule has 26 heavy (non-hydrogen) atoms. The molecule has 3 rings (SSSR count). The van der Waals surface area contributed by atoms with Crippen molar-refractivity contribution in [1.29, 1.82) is 0 Å². The number of nitrogens with one attached hydrogen (secondary N) is 2. The number of hydrogen-bond acceptors (Lipinski definition) is 3. The summed E-state index contributed by atoms with van der Waals surface area (Å²) in [5, 5.41) is 16.1. The second kappa shape index (κ2) is 8.83. The van der Waals surface area contributed by atoms with Crippen LogP contribution >= 0.6 is 0 Å². The molecule has 1 heterocycles. The van der Waals surface area contributed by atoms with Crippen LogP contribution in [0.1, 0.15) is 11.1 Å². The first-order chi connectivity index (χ1) is 12.7. The maximum Gasteiger partial charge on any atom is 0.315 e. The van der Waals surface area contributed by atoms with Crippen molar-refractivity contribution in [2.24, 2.45) is 5.92 Å². The van der Waals surface area contributed by atoms with Gasteiger partial charge in [0.15, 0.2) is 0 Å². The molecule has 1 fully saturated rings. The van der Waals surface area contributed by atoms with Crippen LogP contribution in [0.15, 0.2) is 60.7 Å². The number of aliphatic hydroxyl groups is 1. The fourth-order valence-corrected chi connectivity index (χ4v) is 3.77. The van der Waals surface area contributed by atoms with Crippen LogP contribution in [0.2, 0.25) is 0 Å². The molecule has 0 saturated carbocycles. The van der Waals surface area contributed by atoms with Crippen LogP contribution in [-0.2, 0) is 17.6 Å². The Bertz CT molecular complexity index is 633. The van der Waals surface area contributed by atoms with Crippen molar-refractivity contribution in [3.8, 4) is 0 Å². The quantitative estimate of drug-likeness (QED) is 0.744. The van der Waals surface area contributed by atoms with E-state index in [9.17, 15) is 9.90 Å². The molecule has 0 bridgehead atoms. The highest BCUT2D eigenvalue weighted by Gasteiger charge is 2.39. The SMILES string of the molecule is COC1C(Cc2ccccc2)NC(=O)NC(Cc2ccccc2)C1CO. The van der Waals surface area contributed by atoms with Crippen LogP contribution in [0.3, 0.4) is 0 Å². The second-order valence-corrected chi connectivity index (χ2v) is 6.76. The molecule has 4 unspecified atom stereocenters. The Balaban J connectivity index is 1.82. The lowest BCUT2D eigenvalue weighted by atomic mass is 9.85. The van der Waals surface area contributed by atoms with Crippen LogP contribution < -0.4 is 10.6 Å². The van der Waals surface area contributed by atoms with Crippen LogP contribution in [-0.4, -0.2) is 43.0 Å². The van der Waals surface area contributed by atoms with E-state index in [1.165, 1.54) is 0 Å². The van der Waals surface area contributed by atoms with Crippen molar-refractivity contribution < 1.29 is 14.6 Å². The van der Waals surface area contributed by atoms with Gasteiger partial charge in [0.2, 0.25) is 0 Å². The minimum absolute atomic E-state index is 0.0523. The van der Waals surface area contributed by atoms with E-state index < -0.39 is 0 Å². The third-order valence-corrected chi connectivity index (χ3v) is 5.05. The van der Waals surface area contributed by atoms with E-state index in [1.54, 1.807) is 7.11 Å². The van der Waals surface area contributed by atoms with Gasteiger partial charge >= 0.3 is 6.03 Å². The van der Waals surface area contributed by atoms with E-state index in [0.717, 1.165) is 11.1 Å². The van der Waals surface area contributed by atoms with Crippen LogP contribution in [0.5, 0.6) is 0 Å². The van der Waals surface area contributed by atoms with E-state index >= 15 is 0 Å². The minimum Gasteiger partial charge on any atom is -0.396 e. The number of carbonyl (C=O) groups is 1. The zero-order chi connectivity index (χ0) is 18.4. The summed E-state index contributed by atoms with van der Waals surface area (Å²) in [6.07, 6.45) is 1.02. The number of benzene rings is 2. The van der Waals surface area contributed by atoms with Crippen LogP contribution in [0.25, 0.3) is 0 Å². The molecule has 1 saturated heterocycles. The monoisotopic (exact) mass is 354 g/mol. The van der Waals surface area contributed by atoms with Gasteiger partial charge in [-0.3, -0.25) is 0 Å². The van der Waals surface area contributed by atoms with Gasteiger partial charge in [-0.1, -0.05) is 60.7 Å². The van der Waals surface area contributed by atoms with Crippen LogP contribution in [0.4, 0.5) is 4.79 Å². The predicted molar refractivity (Wildman–Crippen MR) is 101 cm³/mol. The number of hydrogen-bond donors (Lipinski definition) is 3. The summed E-state index contributed by atoms with van der Waals surface area (Å²) in [6, 6.07) is 19.4. The van der Waals surface area contributed by atoms with E-state index in [4.69, 9.17) is 4.74 Å². The average molecular weight is 354 g/mol. The number of urea groups is 1. The highest BCUT2D eigenvalue weighted by atomic mass is 16.5. The summed E-state index contributed by atoms with van der Waals surface area (Å²) >= 11 is 0. The van der Waals surface area contributed by atoms with Gasteiger partial charge < -0.3 is 20.5 Å². The second-order valence-electron chi connectivity index (χ2n) is 6.76. The molecule has 0 aliphatic carbocycles. The number of rotatable bonds is 6. The molecule has 1 aliphatic rings. The fourth-order valence-electron chi connectivity index (χ4n) is 3.77. The smallest absolute Gasteiger partial charge is 0.315 e. The van der Waals surface area contributed by atoms with E-state index in [1.807, 2.05) is 60.7 Å². The van der Waals surface area contributed by atoms with E-state index in [2.05, 4.69) is 10.6 Å². The Hall–Kier alpha value is -2.37. The maximum atomic E-state index is 12.4. The molecule has 3 N–H and O–H groups in total. The molecule has 2 amide bonds. The number of carbonyl (C=O) groups excluding carboxylic acids is 1. The van der Waals surface area contributed by atoms with Gasteiger partial charge in [-0.25, -0.2) is 4.79 Å². The number of aliphatic hydroxyl groups excluding tert-OH is 1. The molecule has 5 nitrogen and oxygen atoms in total. The lowest BCUT2D eigenvalue weighted by Crippen LogP contribution is -2.48. The summed E-state index contributed by atoms with van der Waals surface area (Å²) in [5.41, 5.74) is 2.24. The molecule has 2 aromatic carbocycles. The van der Waals surface area contributed by atoms with Crippen molar-refractivity contribution in [3.63, 3.8) is 0 Å². The molecule has 138 valence electrons. The van der Waals surface area contributed by atoms with Gasteiger partial charge in [-0.05, 0) is 24.0 Å². The Morgan fingerprint density at radius 1 is 0.885 bits per heavy atom. The summed E-state index contributed by atoms with van der Waals surface area (Å²) in [5.74, 6) is -0.201. The molecule has 1 aliphatic heterocycles. The Labute approximate surface area is 154 Å². The van der Waals surface area contributed by atoms with E-state index in [0.29, 0.717) is 12.8 Å². The fraction of sp³-hybridized carbons (Fsp3) is 0.381. The van der Waals surface area contributed by atoms with Gasteiger partial charge in [0, 0.05) is 19.1 Å². The number of methoxy groups -OCH3 is 1. The van der Waals surface area contributed by atoms with Crippen molar-refractivity contribution in [3.05, 3.63) is 71.8 Å². The first kappa shape index (κ1) is 18.4. The highest BCUT2D eigenvalue weighted by Crippen LogP contribution is 2.23. The molecule has 0 aromatic heterocycles. The zero-order valence-electron chi connectivity index (χ0n) is 15.0. The maximum absolute atomic E-state index is 12.4. The van der Waals surface area contributed by atoms with Gasteiger partial charge in [-0.15, -0.1) is 0 Å². The topological polar surface area (TPSA) is 70.6 Å². The molecule has 5 heteroatoms. The number of amides is 2. The molecule has 0 radical (unpaired) electrons. The standard InChI is InChI=1S/C21H26N2O3/c1-26-20-17(14-24)18(12-15-8-4-2-5-9-15)22-21(25)23-19(20)13-16-10-6-3-7-11-16/h2-11,17-20,24H,12-14H2,1H3,(H2,22,23,25). The largest absolute Gasteiger partial charge is 0.396 e. The highest BCUT2D eigenvalue weighted by molar-refractivity contribution is 5.75. The van der Waals surface area contributed by atoms with Gasteiger partial charge in [0.25, 0.3) is 0 Å². The summed E-state index contributed by atoms with van der Waals surface area (Å²) in [7, 11) is 1.64. The summed E-state index contributed by atoms with van der Waals surface area (Å²) in [4.78, 5) is 12.4. The van der Waals surface area contributed by atoms with Gasteiger partial charge in [0.05, 0.1) is 18.8 Å². The van der Waals surface area contributed by atoms with Crippen LogP contribution in [0, 0.1) is 5.92 Å². The third-order valence-electron chi connectivity index (χ3n) is 5.05. The van der Waals surface area contributed by atoms with Gasteiger partial charge in [-0.2, -0.15) is 0 Å². The first-order valence-electron chi connectivity index (χ1n) is 8.99. The van der Waals surface area contributed by atoms with Crippen molar-refractivity contribution >= 4 is 6.03 Å². The Morgan fingerprint density at radius 3 is 1.88 bits per heavy atom. The van der Waals surface area contributed by atoms with E-state index in [-0.39, 0.29) is 36.7 Å². The summed E-state index contributed by atoms with van der Waals surface area (Å²) in [6.45, 7) is -0.0523. The Kier molecular flexibility index (Phi) is 6.26. The number of ether oxygens (including phenoxy) is 1. The zero-order valence-corrected chi connectivity index (χ0v) is 15.0. The minimum atomic E-state index is -0.284. The average Bonchev–Trinajstić information content (AvgIpc) is 2.78. The normalized spacial score (nSPS) is 25.8. The predicted octanol–water partition coefficient (Wildman–Crippen LogP) is 2.15. The molecule has 2 aromatic rings. The lowest BCUT2D eigenvalue weighted by Gasteiger charge is -2.32. The summed E-state index contributed by atoms with van der Waals surface area (Å²) < 4.78 is 5.76. The molecule has 4 atom stereocenters. The van der Waals surface area contributed by atoms with Gasteiger partial charge in [0.1, 0.15) is 0 Å². The van der Waals surface area contributed by atoms with Crippen molar-refractivity contribution in [2.75, 3.05) is 13.7 Å². The third kappa shape index (κ3) is 4.42. The van der Waals surface area contributed by atoms with Crippen molar-refractivity contribution in [1.82, 2.24) is 10.6 Å². The first-order valence-corrected chi connectivity index (χ1v) is 8.99. The molecular formula is C21H26N2O3. The lowest BCUT2D eigenvalue weighted by molar-refractivity contribution is -0.00299. The molecule has 0 spiro atoms. The van der Waals surface area contributed by atoms with Crippen molar-refractivity contribution in [2.45, 2.75) is 31.0 Å².